The number of carbonyl (C=O) groups is 1. The second-order valence-corrected chi connectivity index (χ2v) is 7.25. The van der Waals surface area contributed by atoms with Crippen LogP contribution in [0.25, 0.3) is 16.9 Å². The largest absolute Gasteiger partial charge is 0.497 e. The van der Waals surface area contributed by atoms with Crippen molar-refractivity contribution < 1.29 is 9.53 Å². The number of hydrogen-bond acceptors (Lipinski definition) is 3. The molecule has 0 radical (unpaired) electrons. The minimum Gasteiger partial charge on any atom is -0.497 e. The van der Waals surface area contributed by atoms with Gasteiger partial charge in [0, 0.05) is 18.7 Å². The Morgan fingerprint density at radius 3 is 2.43 bits per heavy atom. The summed E-state index contributed by atoms with van der Waals surface area (Å²) in [5.74, 6) is 0.847. The third-order valence-corrected chi connectivity index (χ3v) is 5.20. The number of benzene rings is 2. The average Bonchev–Trinajstić information content (AvgIpc) is 3.19. The SMILES string of the molecule is COc1ccc(-c2cc(C(=O)N3CCCCC3)n(-c3cccc(C)c3)n2)cc1. The molecular weight excluding hydrogens is 350 g/mol. The van der Waals surface area contributed by atoms with Gasteiger partial charge in [-0.3, -0.25) is 4.79 Å². The van der Waals surface area contributed by atoms with Crippen LogP contribution in [-0.2, 0) is 0 Å². The number of hydrogen-bond donors (Lipinski definition) is 0. The van der Waals surface area contributed by atoms with Crippen LogP contribution in [0.5, 0.6) is 5.75 Å². The van der Waals surface area contributed by atoms with E-state index in [0.29, 0.717) is 5.69 Å². The number of aromatic nitrogens is 2. The van der Waals surface area contributed by atoms with Gasteiger partial charge in [0.2, 0.25) is 0 Å². The van der Waals surface area contributed by atoms with Crippen LogP contribution >= 0.6 is 0 Å². The molecule has 4 rings (SSSR count). The molecule has 0 spiro atoms. The normalized spacial score (nSPS) is 14.1. The molecule has 144 valence electrons. The van der Waals surface area contributed by atoms with Crippen LogP contribution in [0, 0.1) is 6.92 Å². The average molecular weight is 375 g/mol. The van der Waals surface area contributed by atoms with Crippen molar-refractivity contribution in [3.05, 3.63) is 65.9 Å². The standard InChI is InChI=1S/C23H25N3O2/c1-17-7-6-8-19(15-17)26-22(23(27)25-13-4-3-5-14-25)16-21(24-26)18-9-11-20(28-2)12-10-18/h6-12,15-16H,3-5,13-14H2,1-2H3. The van der Waals surface area contributed by atoms with Gasteiger partial charge in [-0.05, 0) is 74.2 Å². The van der Waals surface area contributed by atoms with E-state index in [-0.39, 0.29) is 5.91 Å². The van der Waals surface area contributed by atoms with E-state index in [1.807, 2.05) is 60.4 Å². The van der Waals surface area contributed by atoms with Gasteiger partial charge in [0.25, 0.3) is 5.91 Å². The topological polar surface area (TPSA) is 47.4 Å². The van der Waals surface area contributed by atoms with Crippen LogP contribution in [0.1, 0.15) is 35.3 Å². The summed E-state index contributed by atoms with van der Waals surface area (Å²) in [7, 11) is 1.65. The number of aryl methyl sites for hydroxylation is 1. The van der Waals surface area contributed by atoms with Gasteiger partial charge < -0.3 is 9.64 Å². The molecule has 2 heterocycles. The number of ether oxygens (including phenoxy) is 1. The molecule has 3 aromatic rings. The first-order valence-electron chi connectivity index (χ1n) is 9.76. The van der Waals surface area contributed by atoms with Gasteiger partial charge >= 0.3 is 0 Å². The molecule has 2 aromatic carbocycles. The second-order valence-electron chi connectivity index (χ2n) is 7.25. The molecule has 28 heavy (non-hydrogen) atoms. The molecule has 1 fully saturated rings. The van der Waals surface area contributed by atoms with Gasteiger partial charge in [0.1, 0.15) is 11.4 Å². The summed E-state index contributed by atoms with van der Waals surface area (Å²) in [6.45, 7) is 3.68. The van der Waals surface area contributed by atoms with E-state index in [1.165, 1.54) is 6.42 Å². The minimum absolute atomic E-state index is 0.0495. The molecule has 0 unspecified atom stereocenters. The summed E-state index contributed by atoms with van der Waals surface area (Å²) in [6, 6.07) is 17.7. The predicted octanol–water partition coefficient (Wildman–Crippen LogP) is 4.48. The maximum atomic E-state index is 13.3. The minimum atomic E-state index is 0.0495. The van der Waals surface area contributed by atoms with Crippen LogP contribution in [0.4, 0.5) is 0 Å². The fraction of sp³-hybridized carbons (Fsp3) is 0.304. The highest BCUT2D eigenvalue weighted by atomic mass is 16.5. The first kappa shape index (κ1) is 18.3. The summed E-state index contributed by atoms with van der Waals surface area (Å²) in [5.41, 5.74) is 4.39. The van der Waals surface area contributed by atoms with E-state index in [1.54, 1.807) is 11.8 Å². The lowest BCUT2D eigenvalue weighted by Crippen LogP contribution is -2.36. The van der Waals surface area contributed by atoms with E-state index in [4.69, 9.17) is 9.84 Å². The van der Waals surface area contributed by atoms with Crippen molar-refractivity contribution in [1.82, 2.24) is 14.7 Å². The van der Waals surface area contributed by atoms with Crippen LogP contribution in [-0.4, -0.2) is 40.8 Å². The lowest BCUT2D eigenvalue weighted by Gasteiger charge is -2.26. The third kappa shape index (κ3) is 3.65. The lowest BCUT2D eigenvalue weighted by atomic mass is 10.1. The summed E-state index contributed by atoms with van der Waals surface area (Å²) < 4.78 is 7.03. The van der Waals surface area contributed by atoms with Crippen LogP contribution in [0.3, 0.4) is 0 Å². The first-order valence-corrected chi connectivity index (χ1v) is 9.76. The highest BCUT2D eigenvalue weighted by Crippen LogP contribution is 2.25. The zero-order valence-corrected chi connectivity index (χ0v) is 16.4. The van der Waals surface area contributed by atoms with Crippen LogP contribution in [0.15, 0.2) is 54.6 Å². The molecule has 0 atom stereocenters. The molecule has 1 saturated heterocycles. The smallest absolute Gasteiger partial charge is 0.272 e. The zero-order valence-electron chi connectivity index (χ0n) is 16.4. The predicted molar refractivity (Wildman–Crippen MR) is 110 cm³/mol. The molecule has 5 heteroatoms. The lowest BCUT2D eigenvalue weighted by molar-refractivity contribution is 0.0715. The Kier molecular flexibility index (Phi) is 5.15. The number of methoxy groups -OCH3 is 1. The molecule has 0 saturated carbocycles. The van der Waals surface area contributed by atoms with E-state index in [0.717, 1.165) is 54.2 Å². The summed E-state index contributed by atoms with van der Waals surface area (Å²) in [4.78, 5) is 15.2. The number of likely N-dealkylation sites (tertiary alicyclic amines) is 1. The molecule has 1 aromatic heterocycles. The van der Waals surface area contributed by atoms with E-state index < -0.39 is 0 Å². The first-order chi connectivity index (χ1) is 13.7. The number of carbonyl (C=O) groups excluding carboxylic acids is 1. The Bertz CT molecular complexity index is 970. The Labute approximate surface area is 165 Å². The zero-order chi connectivity index (χ0) is 19.5. The monoisotopic (exact) mass is 375 g/mol. The van der Waals surface area contributed by atoms with Crippen molar-refractivity contribution in [2.24, 2.45) is 0 Å². The Morgan fingerprint density at radius 1 is 1.00 bits per heavy atom. The van der Waals surface area contributed by atoms with Gasteiger partial charge in [0.15, 0.2) is 0 Å². The molecule has 1 aliphatic heterocycles. The quantitative estimate of drug-likeness (QED) is 0.675. The van der Waals surface area contributed by atoms with Gasteiger partial charge in [0.05, 0.1) is 18.5 Å². The van der Waals surface area contributed by atoms with Crippen molar-refractivity contribution >= 4 is 5.91 Å². The Morgan fingerprint density at radius 2 is 1.75 bits per heavy atom. The molecule has 1 amide bonds. The van der Waals surface area contributed by atoms with Crippen molar-refractivity contribution in [3.8, 4) is 22.7 Å². The summed E-state index contributed by atoms with van der Waals surface area (Å²) in [5, 5.41) is 4.79. The van der Waals surface area contributed by atoms with Crippen molar-refractivity contribution in [3.63, 3.8) is 0 Å². The maximum Gasteiger partial charge on any atom is 0.272 e. The molecule has 5 nitrogen and oxygen atoms in total. The van der Waals surface area contributed by atoms with Crippen molar-refractivity contribution in [2.75, 3.05) is 20.2 Å². The molecule has 0 N–H and O–H groups in total. The van der Waals surface area contributed by atoms with E-state index in [2.05, 4.69) is 6.07 Å². The maximum absolute atomic E-state index is 13.3. The van der Waals surface area contributed by atoms with Gasteiger partial charge in [-0.15, -0.1) is 0 Å². The Hall–Kier alpha value is -3.08. The van der Waals surface area contributed by atoms with Gasteiger partial charge in [-0.25, -0.2) is 4.68 Å². The summed E-state index contributed by atoms with van der Waals surface area (Å²) in [6.07, 6.45) is 3.32. The molecule has 0 aliphatic carbocycles. The number of rotatable bonds is 4. The van der Waals surface area contributed by atoms with Crippen LogP contribution in [0.2, 0.25) is 0 Å². The fourth-order valence-corrected chi connectivity index (χ4v) is 3.65. The van der Waals surface area contributed by atoms with E-state index >= 15 is 0 Å². The highest BCUT2D eigenvalue weighted by molar-refractivity contribution is 5.94. The van der Waals surface area contributed by atoms with Crippen molar-refractivity contribution in [1.29, 1.82) is 0 Å². The highest BCUT2D eigenvalue weighted by Gasteiger charge is 2.24. The molecular formula is C23H25N3O2. The Balaban J connectivity index is 1.77. The fourth-order valence-electron chi connectivity index (χ4n) is 3.65. The summed E-state index contributed by atoms with van der Waals surface area (Å²) >= 11 is 0. The second kappa shape index (κ2) is 7.89. The number of nitrogens with zero attached hydrogens (tertiary/aromatic N) is 3. The third-order valence-electron chi connectivity index (χ3n) is 5.20. The van der Waals surface area contributed by atoms with Gasteiger partial charge in [-0.1, -0.05) is 12.1 Å². The molecule has 0 bridgehead atoms. The number of piperidine rings is 1. The van der Waals surface area contributed by atoms with E-state index in [9.17, 15) is 4.79 Å². The van der Waals surface area contributed by atoms with Crippen LogP contribution < -0.4 is 4.74 Å². The number of amides is 1. The molecule has 1 aliphatic rings. The van der Waals surface area contributed by atoms with Crippen molar-refractivity contribution in [2.45, 2.75) is 26.2 Å². The van der Waals surface area contributed by atoms with Gasteiger partial charge in [-0.2, -0.15) is 5.10 Å².